The van der Waals surface area contributed by atoms with Crippen LogP contribution < -0.4 is 5.73 Å². The van der Waals surface area contributed by atoms with E-state index in [9.17, 15) is 0 Å². The van der Waals surface area contributed by atoms with Crippen molar-refractivity contribution in [1.82, 2.24) is 0 Å². The molecule has 2 N–H and O–H groups in total. The molecule has 0 aromatic carbocycles. The summed E-state index contributed by atoms with van der Waals surface area (Å²) in [6.45, 7) is 4.39. The van der Waals surface area contributed by atoms with Crippen LogP contribution in [0.25, 0.3) is 0 Å². The topological polar surface area (TPSA) is 44.5 Å². The molecule has 2 rings (SSSR count). The highest BCUT2D eigenvalue weighted by Gasteiger charge is 2.41. The lowest BCUT2D eigenvalue weighted by Crippen LogP contribution is -2.45. The van der Waals surface area contributed by atoms with Gasteiger partial charge in [-0.15, -0.1) is 0 Å². The van der Waals surface area contributed by atoms with E-state index in [-0.39, 0.29) is 11.6 Å². The fourth-order valence-corrected chi connectivity index (χ4v) is 3.19. The Kier molecular flexibility index (Phi) is 4.22. The van der Waals surface area contributed by atoms with Crippen molar-refractivity contribution in [1.29, 1.82) is 0 Å². The smallest absolute Gasteiger partial charge is 0.0685 e. The number of hydrogen-bond acceptors (Lipinski definition) is 3. The van der Waals surface area contributed by atoms with E-state index < -0.39 is 0 Å². The molecule has 1 aliphatic heterocycles. The van der Waals surface area contributed by atoms with Crippen molar-refractivity contribution in [2.75, 3.05) is 19.8 Å². The first-order valence-corrected chi connectivity index (χ1v) is 6.73. The second-order valence-electron chi connectivity index (χ2n) is 5.31. The molecule has 0 aromatic heterocycles. The minimum Gasteiger partial charge on any atom is -0.380 e. The van der Waals surface area contributed by atoms with Gasteiger partial charge in [0, 0.05) is 19.3 Å². The summed E-state index contributed by atoms with van der Waals surface area (Å²) >= 11 is 0. The average molecular weight is 227 g/mol. The quantitative estimate of drug-likeness (QED) is 0.800. The van der Waals surface area contributed by atoms with Crippen LogP contribution in [0.15, 0.2) is 0 Å². The highest BCUT2D eigenvalue weighted by molar-refractivity contribution is 4.93. The van der Waals surface area contributed by atoms with Gasteiger partial charge in [0.1, 0.15) is 0 Å². The Labute approximate surface area is 98.7 Å². The fraction of sp³-hybridized carbons (Fsp3) is 1.00. The standard InChI is InChI=1S/C13H25NO2/c1-2-15-10-12(14)11-5-8-16-13(9-11)6-3-4-7-13/h11-12H,2-10,14H2,1H3. The van der Waals surface area contributed by atoms with E-state index in [0.717, 1.165) is 26.1 Å². The normalized spacial score (nSPS) is 30.8. The molecule has 2 atom stereocenters. The van der Waals surface area contributed by atoms with Crippen LogP contribution in [0.2, 0.25) is 0 Å². The zero-order chi connectivity index (χ0) is 11.4. The maximum Gasteiger partial charge on any atom is 0.0685 e. The Morgan fingerprint density at radius 1 is 1.44 bits per heavy atom. The summed E-state index contributed by atoms with van der Waals surface area (Å²) in [4.78, 5) is 0. The lowest BCUT2D eigenvalue weighted by Gasteiger charge is -2.40. The van der Waals surface area contributed by atoms with Gasteiger partial charge in [0.05, 0.1) is 12.2 Å². The Morgan fingerprint density at radius 2 is 2.19 bits per heavy atom. The van der Waals surface area contributed by atoms with Crippen molar-refractivity contribution < 1.29 is 9.47 Å². The molecule has 94 valence electrons. The van der Waals surface area contributed by atoms with Gasteiger partial charge in [0.2, 0.25) is 0 Å². The monoisotopic (exact) mass is 227 g/mol. The summed E-state index contributed by atoms with van der Waals surface area (Å²) < 4.78 is 11.4. The van der Waals surface area contributed by atoms with Gasteiger partial charge in [-0.2, -0.15) is 0 Å². The number of hydrogen-bond donors (Lipinski definition) is 1. The van der Waals surface area contributed by atoms with Crippen molar-refractivity contribution >= 4 is 0 Å². The average Bonchev–Trinajstić information content (AvgIpc) is 2.74. The molecule has 1 saturated carbocycles. The molecule has 1 saturated heterocycles. The Balaban J connectivity index is 1.85. The Morgan fingerprint density at radius 3 is 2.88 bits per heavy atom. The van der Waals surface area contributed by atoms with E-state index in [0.29, 0.717) is 12.5 Å². The van der Waals surface area contributed by atoms with Gasteiger partial charge in [-0.3, -0.25) is 0 Å². The van der Waals surface area contributed by atoms with Crippen LogP contribution in [-0.2, 0) is 9.47 Å². The molecule has 2 fully saturated rings. The maximum atomic E-state index is 6.20. The van der Waals surface area contributed by atoms with Gasteiger partial charge >= 0.3 is 0 Å². The predicted octanol–water partition coefficient (Wildman–Crippen LogP) is 2.09. The first-order valence-electron chi connectivity index (χ1n) is 6.73. The van der Waals surface area contributed by atoms with Crippen molar-refractivity contribution in [2.45, 2.75) is 57.1 Å². The van der Waals surface area contributed by atoms with Gasteiger partial charge < -0.3 is 15.2 Å². The van der Waals surface area contributed by atoms with Crippen molar-refractivity contribution in [3.63, 3.8) is 0 Å². The van der Waals surface area contributed by atoms with Crippen LogP contribution in [0.4, 0.5) is 0 Å². The highest BCUT2D eigenvalue weighted by Crippen LogP contribution is 2.42. The second kappa shape index (κ2) is 5.48. The molecule has 3 heteroatoms. The first-order chi connectivity index (χ1) is 7.76. The van der Waals surface area contributed by atoms with E-state index in [1.165, 1.54) is 25.7 Å². The zero-order valence-corrected chi connectivity index (χ0v) is 10.4. The number of rotatable bonds is 4. The molecule has 0 amide bonds. The van der Waals surface area contributed by atoms with Crippen LogP contribution in [-0.4, -0.2) is 31.5 Å². The lowest BCUT2D eigenvalue weighted by atomic mass is 9.81. The molecule has 2 unspecified atom stereocenters. The largest absolute Gasteiger partial charge is 0.380 e. The van der Waals surface area contributed by atoms with Crippen LogP contribution in [0.5, 0.6) is 0 Å². The molecular weight excluding hydrogens is 202 g/mol. The van der Waals surface area contributed by atoms with Crippen LogP contribution in [0.3, 0.4) is 0 Å². The molecule has 0 bridgehead atoms. The summed E-state index contributed by atoms with van der Waals surface area (Å²) in [5.41, 5.74) is 6.39. The van der Waals surface area contributed by atoms with E-state index in [2.05, 4.69) is 0 Å². The third-order valence-electron chi connectivity index (χ3n) is 4.17. The minimum absolute atomic E-state index is 0.187. The van der Waals surface area contributed by atoms with Gasteiger partial charge in [-0.25, -0.2) is 0 Å². The molecule has 1 aliphatic carbocycles. The summed E-state index contributed by atoms with van der Waals surface area (Å²) in [6, 6.07) is 0.196. The Bertz CT molecular complexity index is 214. The SMILES string of the molecule is CCOCC(N)C1CCOC2(CCCC2)C1. The third kappa shape index (κ3) is 2.76. The van der Waals surface area contributed by atoms with E-state index in [4.69, 9.17) is 15.2 Å². The second-order valence-corrected chi connectivity index (χ2v) is 5.31. The molecule has 0 radical (unpaired) electrons. The molecule has 16 heavy (non-hydrogen) atoms. The van der Waals surface area contributed by atoms with Gasteiger partial charge in [-0.1, -0.05) is 12.8 Å². The van der Waals surface area contributed by atoms with Crippen LogP contribution in [0.1, 0.15) is 45.4 Å². The van der Waals surface area contributed by atoms with Crippen molar-refractivity contribution in [2.24, 2.45) is 11.7 Å². The molecule has 1 spiro atoms. The fourth-order valence-electron chi connectivity index (χ4n) is 3.19. The lowest BCUT2D eigenvalue weighted by molar-refractivity contribution is -0.0992. The molecular formula is C13H25NO2. The van der Waals surface area contributed by atoms with Crippen molar-refractivity contribution in [3.8, 4) is 0 Å². The first kappa shape index (κ1) is 12.3. The van der Waals surface area contributed by atoms with Gasteiger partial charge in [-0.05, 0) is 38.5 Å². The summed E-state index contributed by atoms with van der Waals surface area (Å²) in [7, 11) is 0. The molecule has 0 aromatic rings. The minimum atomic E-state index is 0.187. The zero-order valence-electron chi connectivity index (χ0n) is 10.4. The molecule has 1 heterocycles. The van der Waals surface area contributed by atoms with Gasteiger partial charge in [0.15, 0.2) is 0 Å². The summed E-state index contributed by atoms with van der Waals surface area (Å²) in [5.74, 6) is 0.596. The maximum absolute atomic E-state index is 6.20. The van der Waals surface area contributed by atoms with E-state index in [1.54, 1.807) is 0 Å². The number of ether oxygens (including phenoxy) is 2. The highest BCUT2D eigenvalue weighted by atomic mass is 16.5. The van der Waals surface area contributed by atoms with E-state index >= 15 is 0 Å². The molecule has 2 aliphatic rings. The van der Waals surface area contributed by atoms with Crippen molar-refractivity contribution in [3.05, 3.63) is 0 Å². The predicted molar refractivity (Wildman–Crippen MR) is 64.3 cm³/mol. The summed E-state index contributed by atoms with van der Waals surface area (Å²) in [5, 5.41) is 0. The van der Waals surface area contributed by atoms with Crippen LogP contribution in [0, 0.1) is 5.92 Å². The Hall–Kier alpha value is -0.120. The summed E-state index contributed by atoms with van der Waals surface area (Å²) in [6.07, 6.45) is 7.40. The van der Waals surface area contributed by atoms with Crippen LogP contribution >= 0.6 is 0 Å². The molecule has 3 nitrogen and oxygen atoms in total. The van der Waals surface area contributed by atoms with Gasteiger partial charge in [0.25, 0.3) is 0 Å². The third-order valence-corrected chi connectivity index (χ3v) is 4.17. The number of nitrogens with two attached hydrogens (primary N) is 1. The van der Waals surface area contributed by atoms with E-state index in [1.807, 2.05) is 6.92 Å².